The van der Waals surface area contributed by atoms with Crippen LogP contribution < -0.4 is 10.0 Å². The van der Waals surface area contributed by atoms with Gasteiger partial charge in [-0.2, -0.15) is 13.2 Å². The third kappa shape index (κ3) is 5.01. The van der Waals surface area contributed by atoms with E-state index in [1.165, 1.54) is 21.9 Å². The maximum Gasteiger partial charge on any atom is 0.416 e. The Kier molecular flexibility index (Phi) is 5.79. The summed E-state index contributed by atoms with van der Waals surface area (Å²) in [5, 5.41) is 5.45. The van der Waals surface area contributed by atoms with Crippen molar-refractivity contribution in [3.05, 3.63) is 64.7 Å². The lowest BCUT2D eigenvalue weighted by molar-refractivity contribution is -0.137. The number of amides is 2. The fourth-order valence-electron chi connectivity index (χ4n) is 3.15. The summed E-state index contributed by atoms with van der Waals surface area (Å²) in [5.74, 6) is -0.456. The Bertz CT molecular complexity index is 1010. The Balaban J connectivity index is 1.99. The Labute approximate surface area is 170 Å². The first-order valence-corrected chi connectivity index (χ1v) is 10.6. The molecular formula is C18H17ClF3N3O3S. The summed E-state index contributed by atoms with van der Waals surface area (Å²) in [5.41, 5.74) is -0.123. The van der Waals surface area contributed by atoms with Crippen LogP contribution in [0.15, 0.2) is 48.5 Å². The van der Waals surface area contributed by atoms with Crippen LogP contribution in [0.1, 0.15) is 17.2 Å². The van der Waals surface area contributed by atoms with Crippen molar-refractivity contribution in [2.75, 3.05) is 23.7 Å². The lowest BCUT2D eigenvalue weighted by Gasteiger charge is -2.24. The van der Waals surface area contributed by atoms with E-state index in [0.717, 1.165) is 12.1 Å². The van der Waals surface area contributed by atoms with Crippen LogP contribution in [-0.4, -0.2) is 38.2 Å². The Morgan fingerprint density at radius 3 is 2.38 bits per heavy atom. The molecule has 11 heteroatoms. The van der Waals surface area contributed by atoms with Crippen molar-refractivity contribution in [2.24, 2.45) is 5.14 Å². The first-order chi connectivity index (χ1) is 13.5. The topological polar surface area (TPSA) is 83.7 Å². The molecule has 0 radical (unpaired) electrons. The molecule has 1 atom stereocenters. The van der Waals surface area contributed by atoms with Gasteiger partial charge in [-0.1, -0.05) is 23.7 Å². The van der Waals surface area contributed by atoms with Gasteiger partial charge in [-0.05, 0) is 42.0 Å². The number of sulfonamides is 1. The normalized spacial score (nSPS) is 17.8. The van der Waals surface area contributed by atoms with E-state index in [1.54, 1.807) is 24.3 Å². The van der Waals surface area contributed by atoms with E-state index >= 15 is 0 Å². The third-order valence-corrected chi connectivity index (χ3v) is 5.53. The second-order valence-electron chi connectivity index (χ2n) is 6.58. The zero-order chi connectivity index (χ0) is 21.4. The van der Waals surface area contributed by atoms with Gasteiger partial charge in [0.2, 0.25) is 10.0 Å². The van der Waals surface area contributed by atoms with Crippen molar-refractivity contribution in [2.45, 2.75) is 12.2 Å². The monoisotopic (exact) mass is 447 g/mol. The maximum atomic E-state index is 13.1. The standard InChI is InChI=1S/C18H17ClF3N3O3S/c19-14-4-6-15(7-5-14)25-16(11-24(17(25)26)8-9-29(23,27)28)12-2-1-3-13(10-12)18(20,21)22/h1-7,10,16H,8-9,11H2,(H2,23,27,28)/t16-/m1/s1. The molecule has 2 N–H and O–H groups in total. The van der Waals surface area contributed by atoms with E-state index in [9.17, 15) is 26.4 Å². The highest BCUT2D eigenvalue weighted by molar-refractivity contribution is 7.89. The second-order valence-corrected chi connectivity index (χ2v) is 8.75. The van der Waals surface area contributed by atoms with Gasteiger partial charge in [-0.3, -0.25) is 4.90 Å². The average molecular weight is 448 g/mol. The summed E-state index contributed by atoms with van der Waals surface area (Å²) in [7, 11) is -3.81. The highest BCUT2D eigenvalue weighted by atomic mass is 35.5. The number of hydrogen-bond donors (Lipinski definition) is 1. The van der Waals surface area contributed by atoms with Crippen LogP contribution in [0, 0.1) is 0 Å². The maximum absolute atomic E-state index is 13.1. The fourth-order valence-corrected chi connectivity index (χ4v) is 3.75. The smallest absolute Gasteiger partial charge is 0.321 e. The van der Waals surface area contributed by atoms with Gasteiger partial charge in [0.15, 0.2) is 0 Å². The van der Waals surface area contributed by atoms with Gasteiger partial charge >= 0.3 is 12.2 Å². The van der Waals surface area contributed by atoms with Gasteiger partial charge in [0.25, 0.3) is 0 Å². The van der Waals surface area contributed by atoms with Crippen molar-refractivity contribution >= 4 is 33.3 Å². The number of hydrogen-bond acceptors (Lipinski definition) is 3. The minimum absolute atomic E-state index is 0.0122. The highest BCUT2D eigenvalue weighted by Gasteiger charge is 2.40. The predicted molar refractivity (Wildman–Crippen MR) is 103 cm³/mol. The number of primary sulfonamides is 1. The number of urea groups is 1. The molecule has 1 aliphatic heterocycles. The molecule has 1 saturated heterocycles. The summed E-state index contributed by atoms with van der Waals surface area (Å²) in [6.07, 6.45) is -4.53. The number of carbonyl (C=O) groups is 1. The predicted octanol–water partition coefficient (Wildman–Crippen LogP) is 3.63. The molecule has 2 amide bonds. The fraction of sp³-hybridized carbons (Fsp3) is 0.278. The van der Waals surface area contributed by atoms with Gasteiger partial charge in [-0.25, -0.2) is 18.4 Å². The molecule has 6 nitrogen and oxygen atoms in total. The molecule has 3 rings (SSSR count). The van der Waals surface area contributed by atoms with E-state index in [4.69, 9.17) is 16.7 Å². The lowest BCUT2D eigenvalue weighted by atomic mass is 10.0. The zero-order valence-corrected chi connectivity index (χ0v) is 16.5. The molecule has 1 heterocycles. The molecular weight excluding hydrogens is 431 g/mol. The number of halogens is 4. The van der Waals surface area contributed by atoms with Gasteiger partial charge in [0.05, 0.1) is 17.4 Å². The minimum Gasteiger partial charge on any atom is -0.321 e. The van der Waals surface area contributed by atoms with Gasteiger partial charge < -0.3 is 4.90 Å². The number of anilines is 1. The SMILES string of the molecule is NS(=O)(=O)CCN1C[C@H](c2cccc(C(F)(F)F)c2)N(c2ccc(Cl)cc2)C1=O. The quantitative estimate of drug-likeness (QED) is 0.759. The molecule has 0 bridgehead atoms. The molecule has 0 aliphatic carbocycles. The molecule has 0 aromatic heterocycles. The largest absolute Gasteiger partial charge is 0.416 e. The summed E-state index contributed by atoms with van der Waals surface area (Å²) >= 11 is 5.89. The summed E-state index contributed by atoms with van der Waals surface area (Å²) < 4.78 is 62.0. The molecule has 0 unspecified atom stereocenters. The van der Waals surface area contributed by atoms with Gasteiger partial charge in [-0.15, -0.1) is 0 Å². The Hall–Kier alpha value is -2.30. The van der Waals surface area contributed by atoms with Crippen molar-refractivity contribution in [1.82, 2.24) is 4.90 Å². The molecule has 1 fully saturated rings. The summed E-state index contributed by atoms with van der Waals surface area (Å²) in [6, 6.07) is 9.70. The molecule has 156 valence electrons. The third-order valence-electron chi connectivity index (χ3n) is 4.53. The van der Waals surface area contributed by atoms with Crippen molar-refractivity contribution in [3.63, 3.8) is 0 Å². The van der Waals surface area contributed by atoms with E-state index in [0.29, 0.717) is 10.7 Å². The first-order valence-electron chi connectivity index (χ1n) is 8.47. The minimum atomic E-state index is -4.53. The van der Waals surface area contributed by atoms with E-state index < -0.39 is 39.6 Å². The van der Waals surface area contributed by atoms with Gasteiger partial charge in [0, 0.05) is 23.8 Å². The number of rotatable bonds is 5. The molecule has 0 saturated carbocycles. The number of alkyl halides is 3. The van der Waals surface area contributed by atoms with Crippen LogP contribution in [-0.2, 0) is 16.2 Å². The lowest BCUT2D eigenvalue weighted by Crippen LogP contribution is -2.36. The Morgan fingerprint density at radius 2 is 1.79 bits per heavy atom. The van der Waals surface area contributed by atoms with E-state index in [-0.39, 0.29) is 18.7 Å². The van der Waals surface area contributed by atoms with Crippen molar-refractivity contribution in [1.29, 1.82) is 0 Å². The van der Waals surface area contributed by atoms with Crippen LogP contribution in [0.5, 0.6) is 0 Å². The molecule has 1 aliphatic rings. The van der Waals surface area contributed by atoms with Crippen molar-refractivity contribution < 1.29 is 26.4 Å². The number of carbonyl (C=O) groups excluding carboxylic acids is 1. The molecule has 2 aromatic carbocycles. The zero-order valence-electron chi connectivity index (χ0n) is 14.9. The van der Waals surface area contributed by atoms with E-state index in [2.05, 4.69) is 0 Å². The number of nitrogens with zero attached hydrogens (tertiary/aromatic N) is 2. The molecule has 29 heavy (non-hydrogen) atoms. The number of nitrogens with two attached hydrogens (primary N) is 1. The van der Waals surface area contributed by atoms with E-state index in [1.807, 2.05) is 0 Å². The highest BCUT2D eigenvalue weighted by Crippen LogP contribution is 2.37. The second kappa shape index (κ2) is 7.85. The molecule has 2 aromatic rings. The first kappa shape index (κ1) is 21.4. The van der Waals surface area contributed by atoms with Crippen LogP contribution in [0.25, 0.3) is 0 Å². The van der Waals surface area contributed by atoms with Crippen LogP contribution in [0.3, 0.4) is 0 Å². The van der Waals surface area contributed by atoms with Gasteiger partial charge in [0.1, 0.15) is 0 Å². The number of benzene rings is 2. The summed E-state index contributed by atoms with van der Waals surface area (Å²) in [6.45, 7) is -0.157. The van der Waals surface area contributed by atoms with Crippen LogP contribution in [0.2, 0.25) is 5.02 Å². The van der Waals surface area contributed by atoms with Crippen LogP contribution in [0.4, 0.5) is 23.7 Å². The Morgan fingerprint density at radius 1 is 1.14 bits per heavy atom. The molecule has 0 spiro atoms. The average Bonchev–Trinajstić information content (AvgIpc) is 2.96. The summed E-state index contributed by atoms with van der Waals surface area (Å²) in [4.78, 5) is 15.5. The van der Waals surface area contributed by atoms with Crippen molar-refractivity contribution in [3.8, 4) is 0 Å². The van der Waals surface area contributed by atoms with Crippen LogP contribution >= 0.6 is 11.6 Å².